The minimum Gasteiger partial charge on any atom is -0.398 e. The summed E-state index contributed by atoms with van der Waals surface area (Å²) in [6.45, 7) is 0. The molecule has 0 bridgehead atoms. The monoisotopic (exact) mass is 408 g/mol. The van der Waals surface area contributed by atoms with Crippen molar-refractivity contribution in [3.8, 4) is 0 Å². The lowest BCUT2D eigenvalue weighted by atomic mass is 10.0. The van der Waals surface area contributed by atoms with Gasteiger partial charge in [-0.3, -0.25) is 0 Å². The van der Waals surface area contributed by atoms with Crippen LogP contribution in [0.3, 0.4) is 0 Å². The number of rotatable bonds is 4. The summed E-state index contributed by atoms with van der Waals surface area (Å²) in [6, 6.07) is 23.8. The summed E-state index contributed by atoms with van der Waals surface area (Å²) >= 11 is 3.45. The predicted octanol–water partition coefficient (Wildman–Crippen LogP) is 4.61. The van der Waals surface area contributed by atoms with Crippen molar-refractivity contribution in [2.75, 3.05) is 11.1 Å². The van der Waals surface area contributed by atoms with Crippen molar-refractivity contribution >= 4 is 39.0 Å². The van der Waals surface area contributed by atoms with Crippen LogP contribution in [-0.2, 0) is 0 Å². The van der Waals surface area contributed by atoms with Gasteiger partial charge in [-0.1, -0.05) is 64.5 Å². The van der Waals surface area contributed by atoms with E-state index in [-0.39, 0.29) is 0 Å². The first kappa shape index (κ1) is 17.7. The van der Waals surface area contributed by atoms with E-state index in [4.69, 9.17) is 5.73 Å². The Labute approximate surface area is 160 Å². The van der Waals surface area contributed by atoms with Crippen LogP contribution in [-0.4, -0.2) is 11.7 Å². The number of amides is 2. The number of nitrogen functional groups attached to an aromatic ring is 1. The molecule has 3 aromatic rings. The van der Waals surface area contributed by atoms with E-state index in [1.165, 1.54) is 0 Å². The van der Waals surface area contributed by atoms with Crippen LogP contribution in [0.1, 0.15) is 11.1 Å². The van der Waals surface area contributed by atoms with Crippen molar-refractivity contribution < 1.29 is 4.79 Å². The lowest BCUT2D eigenvalue weighted by molar-refractivity contribution is 0.252. The van der Waals surface area contributed by atoms with Crippen molar-refractivity contribution in [1.29, 1.82) is 0 Å². The van der Waals surface area contributed by atoms with Gasteiger partial charge in [-0.25, -0.2) is 10.2 Å². The molecule has 0 saturated heterocycles. The Morgan fingerprint density at radius 3 is 2.27 bits per heavy atom. The number of nitrogens with one attached hydrogen (secondary N) is 2. The fourth-order valence-electron chi connectivity index (χ4n) is 2.40. The van der Waals surface area contributed by atoms with Gasteiger partial charge in [0.05, 0.1) is 0 Å². The summed E-state index contributed by atoms with van der Waals surface area (Å²) in [5.41, 5.74) is 12.1. The summed E-state index contributed by atoms with van der Waals surface area (Å²) in [5.74, 6) is 0. The number of benzene rings is 3. The highest BCUT2D eigenvalue weighted by molar-refractivity contribution is 9.10. The van der Waals surface area contributed by atoms with Gasteiger partial charge in [0.25, 0.3) is 0 Å². The van der Waals surface area contributed by atoms with Crippen molar-refractivity contribution in [2.24, 2.45) is 5.10 Å². The van der Waals surface area contributed by atoms with E-state index in [9.17, 15) is 4.79 Å². The number of nitrogens with zero attached hydrogens (tertiary/aromatic N) is 1. The van der Waals surface area contributed by atoms with Crippen LogP contribution in [0, 0.1) is 0 Å². The maximum Gasteiger partial charge on any atom is 0.339 e. The number of hydrazone groups is 1. The molecule has 0 heterocycles. The highest BCUT2D eigenvalue weighted by atomic mass is 79.9. The van der Waals surface area contributed by atoms with Gasteiger partial charge in [-0.2, -0.15) is 5.10 Å². The zero-order chi connectivity index (χ0) is 18.4. The van der Waals surface area contributed by atoms with E-state index < -0.39 is 6.03 Å². The first-order valence-electron chi connectivity index (χ1n) is 7.94. The lowest BCUT2D eigenvalue weighted by Gasteiger charge is -2.11. The molecule has 0 aliphatic rings. The van der Waals surface area contributed by atoms with Crippen LogP contribution in [0.4, 0.5) is 16.2 Å². The van der Waals surface area contributed by atoms with Crippen LogP contribution in [0.15, 0.2) is 88.4 Å². The van der Waals surface area contributed by atoms with E-state index in [0.717, 1.165) is 15.6 Å². The number of anilines is 2. The van der Waals surface area contributed by atoms with Gasteiger partial charge >= 0.3 is 6.03 Å². The number of para-hydroxylation sites is 1. The summed E-state index contributed by atoms with van der Waals surface area (Å²) < 4.78 is 0.874. The molecule has 0 aromatic heterocycles. The first-order chi connectivity index (χ1) is 12.6. The second-order valence-electron chi connectivity index (χ2n) is 5.49. The highest BCUT2D eigenvalue weighted by Gasteiger charge is 2.12. The fourth-order valence-corrected chi connectivity index (χ4v) is 2.76. The van der Waals surface area contributed by atoms with E-state index in [1.807, 2.05) is 60.7 Å². The van der Waals surface area contributed by atoms with Gasteiger partial charge in [0, 0.05) is 27.0 Å². The van der Waals surface area contributed by atoms with Crippen molar-refractivity contribution in [1.82, 2.24) is 5.43 Å². The second-order valence-corrected chi connectivity index (χ2v) is 6.41. The number of nitrogens with two attached hydrogens (primary N) is 1. The Bertz CT molecular complexity index is 927. The van der Waals surface area contributed by atoms with Crippen molar-refractivity contribution in [2.45, 2.75) is 0 Å². The summed E-state index contributed by atoms with van der Waals surface area (Å²) in [4.78, 5) is 12.2. The smallest absolute Gasteiger partial charge is 0.339 e. The van der Waals surface area contributed by atoms with Crippen LogP contribution in [0.2, 0.25) is 0 Å². The number of hydrogen-bond donors (Lipinski definition) is 3. The zero-order valence-corrected chi connectivity index (χ0v) is 15.4. The third-order valence-corrected chi connectivity index (χ3v) is 4.11. The molecule has 26 heavy (non-hydrogen) atoms. The summed E-state index contributed by atoms with van der Waals surface area (Å²) in [5, 5.41) is 7.04. The standard InChI is InChI=1S/C20H17BrN4O/c21-15-11-12-18(22)17(13-15)19(14-7-3-1-4-8-14)24-25-20(26)23-16-9-5-2-6-10-16/h1-13H,22H2,(H2,23,25,26)/b24-19+. The molecule has 0 aliphatic carbocycles. The first-order valence-corrected chi connectivity index (χ1v) is 8.73. The molecule has 130 valence electrons. The Morgan fingerprint density at radius 2 is 1.58 bits per heavy atom. The van der Waals surface area contributed by atoms with Gasteiger partial charge in [0.1, 0.15) is 5.71 Å². The zero-order valence-electron chi connectivity index (χ0n) is 13.8. The van der Waals surface area contributed by atoms with Gasteiger partial charge in [-0.15, -0.1) is 0 Å². The number of carbonyl (C=O) groups excluding carboxylic acids is 1. The van der Waals surface area contributed by atoms with Crippen LogP contribution >= 0.6 is 15.9 Å². The van der Waals surface area contributed by atoms with E-state index >= 15 is 0 Å². The molecule has 0 atom stereocenters. The number of carbonyl (C=O) groups is 1. The average molecular weight is 409 g/mol. The van der Waals surface area contributed by atoms with Crippen molar-refractivity contribution in [3.05, 3.63) is 94.5 Å². The Morgan fingerprint density at radius 1 is 0.923 bits per heavy atom. The maximum atomic E-state index is 12.2. The van der Waals surface area contributed by atoms with Crippen LogP contribution in [0.25, 0.3) is 0 Å². The second kappa shape index (κ2) is 8.31. The quantitative estimate of drug-likeness (QED) is 0.334. The molecule has 3 aromatic carbocycles. The molecule has 0 radical (unpaired) electrons. The number of halogens is 1. The van der Waals surface area contributed by atoms with E-state index in [1.54, 1.807) is 18.2 Å². The molecule has 0 fully saturated rings. The predicted molar refractivity (Wildman–Crippen MR) is 109 cm³/mol. The molecular weight excluding hydrogens is 392 g/mol. The molecule has 5 nitrogen and oxygen atoms in total. The average Bonchev–Trinajstić information content (AvgIpc) is 2.66. The number of hydrogen-bond acceptors (Lipinski definition) is 3. The largest absolute Gasteiger partial charge is 0.398 e. The molecule has 0 unspecified atom stereocenters. The number of urea groups is 1. The SMILES string of the molecule is Nc1ccc(Br)cc1/C(=N/NC(=O)Nc1ccccc1)c1ccccc1. The van der Waals surface area contributed by atoms with Gasteiger partial charge in [-0.05, 0) is 30.3 Å². The van der Waals surface area contributed by atoms with Crippen LogP contribution in [0.5, 0.6) is 0 Å². The van der Waals surface area contributed by atoms with Crippen LogP contribution < -0.4 is 16.5 Å². The van der Waals surface area contributed by atoms with Gasteiger partial charge < -0.3 is 11.1 Å². The topological polar surface area (TPSA) is 79.5 Å². The summed E-state index contributed by atoms with van der Waals surface area (Å²) in [6.07, 6.45) is 0. The Hall–Kier alpha value is -3.12. The third kappa shape index (κ3) is 4.49. The third-order valence-electron chi connectivity index (χ3n) is 3.62. The molecule has 3 rings (SSSR count). The lowest BCUT2D eigenvalue weighted by Crippen LogP contribution is -2.26. The molecular formula is C20H17BrN4O. The minimum absolute atomic E-state index is 0.432. The molecule has 0 aliphatic heterocycles. The van der Waals surface area contributed by atoms with Gasteiger partial charge in [0.2, 0.25) is 0 Å². The Kier molecular flexibility index (Phi) is 5.66. The minimum atomic E-state index is -0.432. The molecule has 2 amide bonds. The summed E-state index contributed by atoms with van der Waals surface area (Å²) in [7, 11) is 0. The maximum absolute atomic E-state index is 12.2. The molecule has 4 N–H and O–H groups in total. The molecule has 0 saturated carbocycles. The normalized spacial score (nSPS) is 11.0. The highest BCUT2D eigenvalue weighted by Crippen LogP contribution is 2.22. The van der Waals surface area contributed by atoms with Gasteiger partial charge in [0.15, 0.2) is 0 Å². The fraction of sp³-hybridized carbons (Fsp3) is 0. The van der Waals surface area contributed by atoms with Crippen molar-refractivity contribution in [3.63, 3.8) is 0 Å². The van der Waals surface area contributed by atoms with E-state index in [2.05, 4.69) is 31.8 Å². The Balaban J connectivity index is 1.89. The molecule has 0 spiro atoms. The van der Waals surface area contributed by atoms with E-state index in [0.29, 0.717) is 17.1 Å². The molecule has 6 heteroatoms.